The lowest BCUT2D eigenvalue weighted by molar-refractivity contribution is 0.596. The summed E-state index contributed by atoms with van der Waals surface area (Å²) in [6.45, 7) is 0.660. The summed E-state index contributed by atoms with van der Waals surface area (Å²) in [5.74, 6) is 6.62. The molecule has 0 amide bonds. The fourth-order valence-electron chi connectivity index (χ4n) is 1.91. The Morgan fingerprint density at radius 1 is 1.53 bits per heavy atom. The zero-order valence-electron chi connectivity index (χ0n) is 9.39. The fraction of sp³-hybridized carbons (Fsp3) is 0.500. The second-order valence-electron chi connectivity index (χ2n) is 4.22. The number of hydrogen-bond acceptors (Lipinski definition) is 6. The van der Waals surface area contributed by atoms with E-state index in [0.717, 1.165) is 12.1 Å². The van der Waals surface area contributed by atoms with Crippen LogP contribution in [0.2, 0.25) is 0 Å². The number of nitrogens with zero attached hydrogens (tertiary/aromatic N) is 1. The van der Waals surface area contributed by atoms with Gasteiger partial charge in [-0.2, -0.15) is 0 Å². The maximum Gasteiger partial charge on any atom is 0.150 e. The van der Waals surface area contributed by atoms with Gasteiger partial charge in [0.1, 0.15) is 5.82 Å². The number of nitrogen functional groups attached to an aromatic ring is 1. The molecule has 0 radical (unpaired) electrons. The van der Waals surface area contributed by atoms with Crippen molar-refractivity contribution in [3.05, 3.63) is 18.3 Å². The maximum absolute atomic E-state index is 11.3. The van der Waals surface area contributed by atoms with Gasteiger partial charge in [-0.1, -0.05) is 0 Å². The summed E-state index contributed by atoms with van der Waals surface area (Å²) >= 11 is 0. The van der Waals surface area contributed by atoms with Crippen LogP contribution in [0.25, 0.3) is 0 Å². The van der Waals surface area contributed by atoms with E-state index in [4.69, 9.17) is 5.84 Å². The molecule has 1 aliphatic rings. The lowest BCUT2D eigenvalue weighted by Crippen LogP contribution is -2.16. The minimum Gasteiger partial charge on any atom is -0.385 e. The molecule has 0 spiro atoms. The molecular formula is C10H16N4O2S. The van der Waals surface area contributed by atoms with Crippen LogP contribution in [0, 0.1) is 5.92 Å². The highest BCUT2D eigenvalue weighted by Gasteiger charge is 2.27. The Bertz CT molecular complexity index is 489. The summed E-state index contributed by atoms with van der Waals surface area (Å²) in [6.07, 6.45) is 2.38. The number of rotatable bonds is 4. The molecule has 1 atom stereocenters. The minimum absolute atomic E-state index is 0.197. The number of hydrazine groups is 1. The first-order valence-corrected chi connectivity index (χ1v) is 7.28. The van der Waals surface area contributed by atoms with Gasteiger partial charge in [-0.15, -0.1) is 0 Å². The molecule has 6 nitrogen and oxygen atoms in total. The summed E-state index contributed by atoms with van der Waals surface area (Å²) in [5, 5.41) is 3.20. The molecule has 2 rings (SSSR count). The Labute approximate surface area is 101 Å². The molecular weight excluding hydrogens is 240 g/mol. The van der Waals surface area contributed by atoms with Crippen LogP contribution in [0.3, 0.4) is 0 Å². The smallest absolute Gasteiger partial charge is 0.150 e. The molecule has 94 valence electrons. The van der Waals surface area contributed by atoms with Crippen LogP contribution in [0.1, 0.15) is 6.42 Å². The highest BCUT2D eigenvalue weighted by molar-refractivity contribution is 7.91. The molecule has 1 aromatic heterocycles. The Morgan fingerprint density at radius 2 is 2.35 bits per heavy atom. The van der Waals surface area contributed by atoms with E-state index in [9.17, 15) is 8.42 Å². The van der Waals surface area contributed by atoms with Gasteiger partial charge >= 0.3 is 0 Å². The number of nitrogens with two attached hydrogens (primary N) is 1. The maximum atomic E-state index is 11.3. The zero-order valence-corrected chi connectivity index (χ0v) is 10.2. The quantitative estimate of drug-likeness (QED) is 0.526. The molecule has 0 aromatic carbocycles. The lowest BCUT2D eigenvalue weighted by Gasteiger charge is -2.11. The van der Waals surface area contributed by atoms with Gasteiger partial charge in [-0.3, -0.25) is 0 Å². The van der Waals surface area contributed by atoms with Crippen LogP contribution < -0.4 is 16.6 Å². The Balaban J connectivity index is 1.90. The van der Waals surface area contributed by atoms with E-state index in [1.807, 2.05) is 6.07 Å². The lowest BCUT2D eigenvalue weighted by atomic mass is 10.1. The standard InChI is InChI=1S/C10H16N4O2S/c11-14-10-5-9(1-3-12-10)13-6-8-2-4-17(15,16)7-8/h1,3,5,8H,2,4,6-7,11H2,(H2,12,13,14). The predicted octanol–water partition coefficient (Wildman–Crippen LogP) is 0.214. The number of nitrogens with one attached hydrogen (secondary N) is 2. The van der Waals surface area contributed by atoms with E-state index in [1.54, 1.807) is 12.3 Å². The average Bonchev–Trinajstić information content (AvgIpc) is 2.67. The molecule has 4 N–H and O–H groups in total. The van der Waals surface area contributed by atoms with Crippen molar-refractivity contribution in [2.24, 2.45) is 11.8 Å². The van der Waals surface area contributed by atoms with Gasteiger partial charge in [0.05, 0.1) is 11.5 Å². The van der Waals surface area contributed by atoms with Crippen molar-refractivity contribution < 1.29 is 8.42 Å². The van der Waals surface area contributed by atoms with Crippen LogP contribution in [0.15, 0.2) is 18.3 Å². The van der Waals surface area contributed by atoms with Gasteiger partial charge in [0, 0.05) is 24.5 Å². The van der Waals surface area contributed by atoms with Crippen molar-refractivity contribution in [3.8, 4) is 0 Å². The number of aromatic nitrogens is 1. The molecule has 0 bridgehead atoms. The molecule has 7 heteroatoms. The summed E-state index contributed by atoms with van der Waals surface area (Å²) < 4.78 is 22.6. The second-order valence-corrected chi connectivity index (χ2v) is 6.45. The molecule has 1 aromatic rings. The normalized spacial score (nSPS) is 22.3. The average molecular weight is 256 g/mol. The monoisotopic (exact) mass is 256 g/mol. The molecule has 0 aliphatic carbocycles. The van der Waals surface area contributed by atoms with Crippen molar-refractivity contribution in [3.63, 3.8) is 0 Å². The van der Waals surface area contributed by atoms with Crippen LogP contribution >= 0.6 is 0 Å². The highest BCUT2D eigenvalue weighted by atomic mass is 32.2. The third-order valence-corrected chi connectivity index (χ3v) is 4.67. The summed E-state index contributed by atoms with van der Waals surface area (Å²) in [6, 6.07) is 3.60. The zero-order chi connectivity index (χ0) is 12.3. The molecule has 1 unspecified atom stereocenters. The van der Waals surface area contributed by atoms with E-state index < -0.39 is 9.84 Å². The summed E-state index contributed by atoms with van der Waals surface area (Å²) in [7, 11) is -2.80. The first kappa shape index (κ1) is 12.1. The molecule has 0 saturated carbocycles. The Morgan fingerprint density at radius 3 is 3.00 bits per heavy atom. The molecule has 2 heterocycles. The number of anilines is 2. The number of pyridine rings is 1. The third kappa shape index (κ3) is 3.31. The van der Waals surface area contributed by atoms with Gasteiger partial charge in [0.15, 0.2) is 9.84 Å². The largest absolute Gasteiger partial charge is 0.385 e. The molecule has 1 aliphatic heterocycles. The SMILES string of the molecule is NNc1cc(NCC2CCS(=O)(=O)C2)ccn1. The van der Waals surface area contributed by atoms with Gasteiger partial charge < -0.3 is 10.7 Å². The third-order valence-electron chi connectivity index (χ3n) is 2.83. The van der Waals surface area contributed by atoms with Gasteiger partial charge in [-0.25, -0.2) is 19.2 Å². The van der Waals surface area contributed by atoms with Crippen molar-refractivity contribution in [1.82, 2.24) is 4.98 Å². The van der Waals surface area contributed by atoms with Crippen molar-refractivity contribution in [1.29, 1.82) is 0 Å². The second kappa shape index (κ2) is 4.89. The van der Waals surface area contributed by atoms with Gasteiger partial charge in [-0.05, 0) is 18.4 Å². The number of hydrogen-bond donors (Lipinski definition) is 3. The minimum atomic E-state index is -2.80. The topological polar surface area (TPSA) is 97.1 Å². The first-order valence-electron chi connectivity index (χ1n) is 5.46. The molecule has 17 heavy (non-hydrogen) atoms. The van der Waals surface area contributed by atoms with E-state index in [1.165, 1.54) is 0 Å². The van der Waals surface area contributed by atoms with Crippen LogP contribution in [-0.2, 0) is 9.84 Å². The van der Waals surface area contributed by atoms with Crippen LogP contribution in [-0.4, -0.2) is 31.5 Å². The fourth-order valence-corrected chi connectivity index (χ4v) is 3.78. The van der Waals surface area contributed by atoms with E-state index in [0.29, 0.717) is 18.1 Å². The van der Waals surface area contributed by atoms with E-state index >= 15 is 0 Å². The van der Waals surface area contributed by atoms with Crippen molar-refractivity contribution in [2.75, 3.05) is 28.8 Å². The Kier molecular flexibility index (Phi) is 3.49. The predicted molar refractivity (Wildman–Crippen MR) is 67.3 cm³/mol. The summed E-state index contributed by atoms with van der Waals surface area (Å²) in [5.41, 5.74) is 3.35. The first-order chi connectivity index (χ1) is 8.09. The van der Waals surface area contributed by atoms with E-state index in [2.05, 4.69) is 15.7 Å². The van der Waals surface area contributed by atoms with Crippen LogP contribution in [0.5, 0.6) is 0 Å². The van der Waals surface area contributed by atoms with Gasteiger partial charge in [0.2, 0.25) is 0 Å². The molecule has 1 fully saturated rings. The Hall–Kier alpha value is -1.34. The van der Waals surface area contributed by atoms with Crippen molar-refractivity contribution >= 4 is 21.3 Å². The summed E-state index contributed by atoms with van der Waals surface area (Å²) in [4.78, 5) is 3.99. The highest BCUT2D eigenvalue weighted by Crippen LogP contribution is 2.19. The van der Waals surface area contributed by atoms with Crippen LogP contribution in [0.4, 0.5) is 11.5 Å². The van der Waals surface area contributed by atoms with E-state index in [-0.39, 0.29) is 11.7 Å². The van der Waals surface area contributed by atoms with Crippen molar-refractivity contribution in [2.45, 2.75) is 6.42 Å². The molecule has 1 saturated heterocycles. The van der Waals surface area contributed by atoms with Gasteiger partial charge in [0.25, 0.3) is 0 Å². The number of sulfone groups is 1.